The highest BCUT2D eigenvalue weighted by atomic mass is 16.5. The summed E-state index contributed by atoms with van der Waals surface area (Å²) in [6.07, 6.45) is 5.10. The molecule has 2 aromatic heterocycles. The number of nitrogens with one attached hydrogen (secondary N) is 1. The van der Waals surface area contributed by atoms with Crippen LogP contribution in [0, 0.1) is 12.8 Å². The van der Waals surface area contributed by atoms with Crippen molar-refractivity contribution < 1.29 is 14.3 Å². The quantitative estimate of drug-likeness (QED) is 0.772. The van der Waals surface area contributed by atoms with Gasteiger partial charge in [-0.25, -0.2) is 4.98 Å². The van der Waals surface area contributed by atoms with Gasteiger partial charge in [0, 0.05) is 50.7 Å². The average molecular weight is 427 g/mol. The van der Waals surface area contributed by atoms with Crippen molar-refractivity contribution in [1.82, 2.24) is 29.9 Å². The summed E-state index contributed by atoms with van der Waals surface area (Å²) in [7, 11) is 1.96. The Balaban J connectivity index is 1.30. The van der Waals surface area contributed by atoms with Gasteiger partial charge >= 0.3 is 0 Å². The second kappa shape index (κ2) is 9.47. The Morgan fingerprint density at radius 3 is 2.65 bits per heavy atom. The van der Waals surface area contributed by atoms with Gasteiger partial charge in [-0.1, -0.05) is 6.07 Å². The molecular weight excluding hydrogens is 396 g/mol. The fourth-order valence-corrected chi connectivity index (χ4v) is 4.23. The van der Waals surface area contributed by atoms with E-state index in [1.165, 1.54) is 0 Å². The van der Waals surface area contributed by atoms with Crippen molar-refractivity contribution in [2.75, 3.05) is 46.4 Å². The Morgan fingerprint density at radius 1 is 1.16 bits per heavy atom. The maximum absolute atomic E-state index is 13.3. The van der Waals surface area contributed by atoms with E-state index < -0.39 is 0 Å². The maximum Gasteiger partial charge on any atom is 0.257 e. The van der Waals surface area contributed by atoms with Crippen molar-refractivity contribution in [2.45, 2.75) is 25.8 Å². The zero-order valence-corrected chi connectivity index (χ0v) is 18.2. The summed E-state index contributed by atoms with van der Waals surface area (Å²) in [5, 5.41) is 6.76. The highest BCUT2D eigenvalue weighted by Crippen LogP contribution is 2.21. The second-order valence-corrected chi connectivity index (χ2v) is 8.40. The molecule has 166 valence electrons. The van der Waals surface area contributed by atoms with Crippen LogP contribution in [0.25, 0.3) is 0 Å². The molecule has 2 fully saturated rings. The maximum atomic E-state index is 13.3. The van der Waals surface area contributed by atoms with Gasteiger partial charge in [-0.15, -0.1) is 0 Å². The molecule has 0 bridgehead atoms. The van der Waals surface area contributed by atoms with Crippen LogP contribution < -0.4 is 4.74 Å². The van der Waals surface area contributed by atoms with E-state index in [1.807, 2.05) is 37.1 Å². The molecule has 0 aliphatic carbocycles. The number of aromatic amines is 1. The minimum atomic E-state index is -0.314. The molecule has 4 heterocycles. The first-order valence-electron chi connectivity index (χ1n) is 10.8. The Kier molecular flexibility index (Phi) is 6.50. The van der Waals surface area contributed by atoms with Crippen LogP contribution in [0.1, 0.15) is 28.9 Å². The highest BCUT2D eigenvalue weighted by Gasteiger charge is 2.36. The van der Waals surface area contributed by atoms with Crippen LogP contribution in [0.2, 0.25) is 0 Å². The van der Waals surface area contributed by atoms with Gasteiger partial charge in [-0.2, -0.15) is 5.10 Å². The van der Waals surface area contributed by atoms with Crippen molar-refractivity contribution in [3.8, 4) is 5.88 Å². The summed E-state index contributed by atoms with van der Waals surface area (Å²) in [6, 6.07) is 5.32. The standard InChI is InChI=1S/C22H30N6O3/c1-16-18(13-24-25-16)21(29)28-12-11-26(2)19(14-28)22(30)27-9-6-17(7-10-27)15-31-20-5-3-4-8-23-20/h3-5,8,13,17,19H,6-7,9-12,14-15H2,1-2H3,(H,24,25). The molecule has 31 heavy (non-hydrogen) atoms. The van der Waals surface area contributed by atoms with E-state index in [9.17, 15) is 9.59 Å². The summed E-state index contributed by atoms with van der Waals surface area (Å²) in [5.74, 6) is 1.09. The van der Waals surface area contributed by atoms with E-state index in [1.54, 1.807) is 17.3 Å². The van der Waals surface area contributed by atoms with E-state index in [4.69, 9.17) is 4.74 Å². The number of pyridine rings is 1. The third-order valence-corrected chi connectivity index (χ3v) is 6.31. The smallest absolute Gasteiger partial charge is 0.257 e. The van der Waals surface area contributed by atoms with Gasteiger partial charge in [-0.05, 0) is 38.8 Å². The molecule has 2 aromatic rings. The number of nitrogens with zero attached hydrogens (tertiary/aromatic N) is 5. The summed E-state index contributed by atoms with van der Waals surface area (Å²) < 4.78 is 5.79. The zero-order chi connectivity index (χ0) is 21.8. The number of carbonyl (C=O) groups is 2. The molecule has 9 nitrogen and oxygen atoms in total. The van der Waals surface area contributed by atoms with E-state index >= 15 is 0 Å². The molecule has 0 spiro atoms. The number of likely N-dealkylation sites (tertiary alicyclic amines) is 1. The molecule has 2 amide bonds. The first-order chi connectivity index (χ1) is 15.0. The molecule has 2 aliphatic heterocycles. The normalized spacial score (nSPS) is 20.6. The molecule has 0 saturated carbocycles. The number of piperazine rings is 1. The number of ether oxygens (including phenoxy) is 1. The summed E-state index contributed by atoms with van der Waals surface area (Å²) in [5.41, 5.74) is 1.33. The molecule has 1 atom stereocenters. The van der Waals surface area contributed by atoms with Crippen molar-refractivity contribution in [3.63, 3.8) is 0 Å². The van der Waals surface area contributed by atoms with Crippen LogP contribution in [-0.4, -0.2) is 94.1 Å². The molecule has 0 radical (unpaired) electrons. The van der Waals surface area contributed by atoms with Gasteiger partial charge in [0.15, 0.2) is 0 Å². The van der Waals surface area contributed by atoms with E-state index in [2.05, 4.69) is 20.1 Å². The topological polar surface area (TPSA) is 94.7 Å². The Morgan fingerprint density at radius 2 is 1.97 bits per heavy atom. The van der Waals surface area contributed by atoms with Crippen molar-refractivity contribution in [3.05, 3.63) is 41.9 Å². The number of piperidine rings is 1. The number of carbonyl (C=O) groups excluding carboxylic acids is 2. The minimum absolute atomic E-state index is 0.0671. The number of amides is 2. The number of aryl methyl sites for hydroxylation is 1. The van der Waals surface area contributed by atoms with E-state index in [0.29, 0.717) is 56.7 Å². The first kappa shape index (κ1) is 21.3. The van der Waals surface area contributed by atoms with Crippen LogP contribution in [0.3, 0.4) is 0 Å². The van der Waals surface area contributed by atoms with E-state index in [0.717, 1.165) is 18.5 Å². The second-order valence-electron chi connectivity index (χ2n) is 8.40. The number of rotatable bonds is 5. The van der Waals surface area contributed by atoms with Gasteiger partial charge in [-0.3, -0.25) is 19.6 Å². The Hall–Kier alpha value is -2.94. The predicted molar refractivity (Wildman–Crippen MR) is 115 cm³/mol. The van der Waals surface area contributed by atoms with Gasteiger partial charge in [0.25, 0.3) is 5.91 Å². The Labute approximate surface area is 182 Å². The third-order valence-electron chi connectivity index (χ3n) is 6.31. The summed E-state index contributed by atoms with van der Waals surface area (Å²) in [6.45, 7) is 5.57. The zero-order valence-electron chi connectivity index (χ0n) is 18.2. The van der Waals surface area contributed by atoms with Crippen LogP contribution in [0.4, 0.5) is 0 Å². The first-order valence-corrected chi connectivity index (χ1v) is 10.8. The lowest BCUT2D eigenvalue weighted by Crippen LogP contribution is -2.60. The van der Waals surface area contributed by atoms with Crippen molar-refractivity contribution in [2.24, 2.45) is 5.92 Å². The molecule has 4 rings (SSSR count). The number of hydrogen-bond acceptors (Lipinski definition) is 6. The monoisotopic (exact) mass is 426 g/mol. The summed E-state index contributed by atoms with van der Waals surface area (Å²) in [4.78, 5) is 36.1. The largest absolute Gasteiger partial charge is 0.477 e. The lowest BCUT2D eigenvalue weighted by molar-refractivity contribution is -0.139. The van der Waals surface area contributed by atoms with E-state index in [-0.39, 0.29) is 17.9 Å². The fraction of sp³-hybridized carbons (Fsp3) is 0.545. The number of hydrogen-bond donors (Lipinski definition) is 1. The van der Waals surface area contributed by atoms with Crippen LogP contribution in [0.15, 0.2) is 30.6 Å². The van der Waals surface area contributed by atoms with Crippen LogP contribution in [-0.2, 0) is 4.79 Å². The lowest BCUT2D eigenvalue weighted by atomic mass is 9.97. The lowest BCUT2D eigenvalue weighted by Gasteiger charge is -2.42. The molecule has 2 saturated heterocycles. The minimum Gasteiger partial charge on any atom is -0.477 e. The van der Waals surface area contributed by atoms with Gasteiger partial charge < -0.3 is 14.5 Å². The van der Waals surface area contributed by atoms with Crippen molar-refractivity contribution >= 4 is 11.8 Å². The van der Waals surface area contributed by atoms with Crippen molar-refractivity contribution in [1.29, 1.82) is 0 Å². The summed E-state index contributed by atoms with van der Waals surface area (Å²) >= 11 is 0. The van der Waals surface area contributed by atoms with Crippen LogP contribution >= 0.6 is 0 Å². The fourth-order valence-electron chi connectivity index (χ4n) is 4.23. The number of aromatic nitrogens is 3. The SMILES string of the molecule is Cc1[nH]ncc1C(=O)N1CCN(C)C(C(=O)N2CCC(COc3ccccn3)CC2)C1. The molecule has 1 unspecified atom stereocenters. The average Bonchev–Trinajstić information content (AvgIpc) is 3.24. The molecule has 0 aromatic carbocycles. The van der Waals surface area contributed by atoms with Gasteiger partial charge in [0.05, 0.1) is 18.4 Å². The molecule has 1 N–H and O–H groups in total. The molecule has 2 aliphatic rings. The number of likely N-dealkylation sites (N-methyl/N-ethyl adjacent to an activating group) is 1. The van der Waals surface area contributed by atoms with Crippen LogP contribution in [0.5, 0.6) is 5.88 Å². The van der Waals surface area contributed by atoms with Gasteiger partial charge in [0.2, 0.25) is 11.8 Å². The Bertz CT molecular complexity index is 894. The highest BCUT2D eigenvalue weighted by molar-refractivity contribution is 5.95. The third kappa shape index (κ3) is 4.87. The number of H-pyrrole nitrogens is 1. The van der Waals surface area contributed by atoms with Gasteiger partial charge in [0.1, 0.15) is 6.04 Å². The molecule has 9 heteroatoms. The predicted octanol–water partition coefficient (Wildman–Crippen LogP) is 1.19. The molecular formula is C22H30N6O3.